The van der Waals surface area contributed by atoms with E-state index >= 15 is 0 Å². The first-order chi connectivity index (χ1) is 26.4. The molecule has 0 saturated carbocycles. The number of benzene rings is 2. The largest absolute Gasteiger partial charge is 0.463 e. The van der Waals surface area contributed by atoms with Crippen LogP contribution in [0.2, 0.25) is 0 Å². The van der Waals surface area contributed by atoms with Gasteiger partial charge >= 0.3 is 5.97 Å². The molecule has 54 heavy (non-hydrogen) atoms. The Bertz CT molecular complexity index is 1640. The van der Waals surface area contributed by atoms with E-state index < -0.39 is 0 Å². The van der Waals surface area contributed by atoms with Crippen molar-refractivity contribution in [3.8, 4) is 12.1 Å². The van der Waals surface area contributed by atoms with Crippen molar-refractivity contribution in [3.05, 3.63) is 75.7 Å². The highest BCUT2D eigenvalue weighted by molar-refractivity contribution is 7.16. The number of carbonyl (C=O) groups excluding carboxylic acids is 1. The summed E-state index contributed by atoms with van der Waals surface area (Å²) in [6.45, 7) is 14.1. The van der Waals surface area contributed by atoms with E-state index in [1.54, 1.807) is 6.92 Å². The molecule has 0 N–H and O–H groups in total. The summed E-state index contributed by atoms with van der Waals surface area (Å²) in [5, 5.41) is 28.1. The lowest BCUT2D eigenvalue weighted by molar-refractivity contribution is -0.145. The van der Waals surface area contributed by atoms with Crippen LogP contribution in [-0.4, -0.2) is 97.8 Å². The van der Waals surface area contributed by atoms with Crippen molar-refractivity contribution >= 4 is 33.7 Å². The van der Waals surface area contributed by atoms with Gasteiger partial charge in [0.25, 0.3) is 0 Å². The molecule has 0 fully saturated rings. The number of likely N-dealkylation sites (N-methyl/N-ethyl adjacent to an activating group) is 1. The van der Waals surface area contributed by atoms with Crippen molar-refractivity contribution in [2.75, 3.05) is 90.7 Å². The first-order valence-corrected chi connectivity index (χ1v) is 19.1. The third kappa shape index (κ3) is 16.4. The summed E-state index contributed by atoms with van der Waals surface area (Å²) >= 11 is 1.17. The molecule has 0 saturated heterocycles. The lowest BCUT2D eigenvalue weighted by Crippen LogP contribution is -2.37. The Kier molecular flexibility index (Phi) is 21.7. The monoisotopic (exact) mass is 763 g/mol. The predicted molar refractivity (Wildman–Crippen MR) is 207 cm³/mol. The van der Waals surface area contributed by atoms with E-state index in [9.17, 15) is 15.3 Å². The molecule has 3 aromatic rings. The van der Waals surface area contributed by atoms with Gasteiger partial charge in [-0.15, -0.1) is 21.6 Å². The van der Waals surface area contributed by atoms with Gasteiger partial charge in [0.2, 0.25) is 0 Å². The Labute approximate surface area is 323 Å². The zero-order valence-electron chi connectivity index (χ0n) is 31.9. The molecule has 0 spiro atoms. The van der Waals surface area contributed by atoms with Crippen molar-refractivity contribution in [2.45, 2.75) is 53.2 Å². The van der Waals surface area contributed by atoms with E-state index in [2.05, 4.69) is 40.3 Å². The highest BCUT2D eigenvalue weighted by atomic mass is 32.1. The van der Waals surface area contributed by atoms with Gasteiger partial charge in [0, 0.05) is 25.2 Å². The summed E-state index contributed by atoms with van der Waals surface area (Å²) in [5.74, 6) is -0.199. The van der Waals surface area contributed by atoms with Gasteiger partial charge in [-0.2, -0.15) is 10.5 Å². The molecule has 2 aromatic carbocycles. The van der Waals surface area contributed by atoms with Crippen LogP contribution in [-0.2, 0) is 44.6 Å². The minimum atomic E-state index is -0.216. The third-order valence-electron chi connectivity index (χ3n) is 8.00. The maximum Gasteiger partial charge on any atom is 0.305 e. The van der Waals surface area contributed by atoms with Gasteiger partial charge in [0.05, 0.1) is 90.0 Å². The van der Waals surface area contributed by atoms with Crippen LogP contribution in [0.4, 0.5) is 16.4 Å². The highest BCUT2D eigenvalue weighted by Gasteiger charge is 2.17. The molecular weight excluding hydrogens is 711 g/mol. The number of nitriles is 2. The fourth-order valence-electron chi connectivity index (χ4n) is 5.08. The van der Waals surface area contributed by atoms with Crippen molar-refractivity contribution < 1.29 is 38.0 Å². The maximum atomic E-state index is 11.3. The predicted octanol–water partition coefficient (Wildman–Crippen LogP) is 7.36. The molecule has 292 valence electrons. The summed E-state index contributed by atoms with van der Waals surface area (Å²) in [6.07, 6.45) is 0.983. The Hall–Kier alpha value is -4.25. The van der Waals surface area contributed by atoms with Crippen molar-refractivity contribution in [3.63, 3.8) is 0 Å². The molecule has 1 aromatic heterocycles. The van der Waals surface area contributed by atoms with Crippen LogP contribution in [0.1, 0.15) is 53.8 Å². The quantitative estimate of drug-likeness (QED) is 0.0413. The van der Waals surface area contributed by atoms with Gasteiger partial charge in [0.1, 0.15) is 23.6 Å². The van der Waals surface area contributed by atoms with E-state index in [0.717, 1.165) is 29.8 Å². The van der Waals surface area contributed by atoms with Gasteiger partial charge in [-0.1, -0.05) is 37.3 Å². The molecule has 0 radical (unpaired) electrons. The first kappa shape index (κ1) is 44.1. The zero-order chi connectivity index (χ0) is 38.8. The van der Waals surface area contributed by atoms with Gasteiger partial charge in [-0.05, 0) is 62.1 Å². The Morgan fingerprint density at radius 3 is 2.06 bits per heavy atom. The number of carbonyl (C=O) groups is 1. The summed E-state index contributed by atoms with van der Waals surface area (Å²) in [4.78, 5) is 14.0. The average Bonchev–Trinajstić information content (AvgIpc) is 3.50. The molecule has 14 heteroatoms. The van der Waals surface area contributed by atoms with Gasteiger partial charge in [0.15, 0.2) is 5.00 Å². The number of hydrogen-bond donors (Lipinski definition) is 0. The molecule has 1 atom stereocenters. The van der Waals surface area contributed by atoms with Gasteiger partial charge in [-0.25, -0.2) is 0 Å². The zero-order valence-corrected chi connectivity index (χ0v) is 32.7. The van der Waals surface area contributed by atoms with Crippen LogP contribution in [0.5, 0.6) is 0 Å². The third-order valence-corrected chi connectivity index (χ3v) is 9.08. The van der Waals surface area contributed by atoms with Crippen LogP contribution in [0.3, 0.4) is 0 Å². The molecule has 0 aliphatic carbocycles. The molecular formula is C40H53N5O8S. The summed E-state index contributed by atoms with van der Waals surface area (Å²) in [6, 6.07) is 20.3. The Balaban J connectivity index is 1.41. The average molecular weight is 764 g/mol. The fraction of sp³-hybridized carbons (Fsp3) is 0.525. The highest BCUT2D eigenvalue weighted by Crippen LogP contribution is 2.36. The summed E-state index contributed by atoms with van der Waals surface area (Å²) in [5.41, 5.74) is 4.73. The van der Waals surface area contributed by atoms with Crippen molar-refractivity contribution in [1.29, 1.82) is 10.5 Å². The van der Waals surface area contributed by atoms with E-state index in [-0.39, 0.29) is 18.7 Å². The smallest absolute Gasteiger partial charge is 0.305 e. The molecule has 0 bridgehead atoms. The Morgan fingerprint density at radius 1 is 0.815 bits per heavy atom. The van der Waals surface area contributed by atoms with Gasteiger partial charge < -0.3 is 38.1 Å². The summed E-state index contributed by atoms with van der Waals surface area (Å²) < 4.78 is 39.6. The fourth-order valence-corrected chi connectivity index (χ4v) is 5.96. The van der Waals surface area contributed by atoms with Crippen LogP contribution in [0.25, 0.3) is 0 Å². The number of nitrogens with zero attached hydrogens (tertiary/aromatic N) is 5. The number of esters is 1. The van der Waals surface area contributed by atoms with E-state index in [1.807, 2.05) is 56.3 Å². The molecule has 1 unspecified atom stereocenters. The number of anilines is 1. The SMILES string of the molecule is CCCC(=O)OCCOCCOCCOCCOCCOC(COCc1ccccc1)CN(CC)c1ccc(/N=N/c2sc(C#N)c(C)c2C#N)c(C)c1. The lowest BCUT2D eigenvalue weighted by Gasteiger charge is -2.29. The second-order valence-corrected chi connectivity index (χ2v) is 13.1. The molecule has 0 amide bonds. The molecule has 13 nitrogen and oxygen atoms in total. The number of hydrogen-bond acceptors (Lipinski definition) is 14. The topological polar surface area (TPSA) is 157 Å². The number of aryl methyl sites for hydroxylation is 1. The number of azo groups is 1. The lowest BCUT2D eigenvalue weighted by atomic mass is 10.1. The van der Waals surface area contributed by atoms with Gasteiger partial charge in [-0.3, -0.25) is 4.79 Å². The van der Waals surface area contributed by atoms with Crippen LogP contribution in [0.15, 0.2) is 58.8 Å². The molecule has 3 rings (SSSR count). The normalized spacial score (nSPS) is 11.7. The van der Waals surface area contributed by atoms with Crippen LogP contribution < -0.4 is 4.90 Å². The minimum Gasteiger partial charge on any atom is -0.463 e. The number of rotatable bonds is 28. The van der Waals surface area contributed by atoms with Crippen LogP contribution in [0, 0.1) is 36.5 Å². The van der Waals surface area contributed by atoms with E-state index in [4.69, 9.17) is 33.2 Å². The van der Waals surface area contributed by atoms with E-state index in [0.29, 0.717) is 112 Å². The molecule has 1 heterocycles. The second-order valence-electron chi connectivity index (χ2n) is 12.1. The second kappa shape index (κ2) is 26.5. The summed E-state index contributed by atoms with van der Waals surface area (Å²) in [7, 11) is 0. The number of ether oxygens (including phenoxy) is 7. The molecule has 0 aliphatic rings. The van der Waals surface area contributed by atoms with Crippen molar-refractivity contribution in [1.82, 2.24) is 0 Å². The Morgan fingerprint density at radius 2 is 1.46 bits per heavy atom. The van der Waals surface area contributed by atoms with Crippen LogP contribution >= 0.6 is 11.3 Å². The van der Waals surface area contributed by atoms with E-state index in [1.165, 1.54) is 11.3 Å². The molecule has 0 aliphatic heterocycles. The maximum absolute atomic E-state index is 11.3. The first-order valence-electron chi connectivity index (χ1n) is 18.3. The standard InChI is InChI=1S/C40H53N5O8S/c1-5-10-39(46)53-24-22-50-20-18-48-16-15-47-17-19-49-21-23-52-35(30-51-29-33-11-8-7-9-12-33)28-45(6-2)34-13-14-37(31(3)25-34)43-44-40-36(26-41)32(4)38(27-42)54-40/h7-9,11-14,25,35H,5-6,10,15-24,28-30H2,1-4H3/b44-43+. The number of thiophene rings is 1. The van der Waals surface area contributed by atoms with Crippen molar-refractivity contribution in [2.24, 2.45) is 10.2 Å². The minimum absolute atomic E-state index is 0.199.